The molecule has 2 aromatic rings. The summed E-state index contributed by atoms with van der Waals surface area (Å²) >= 11 is 0. The van der Waals surface area contributed by atoms with E-state index in [1.165, 1.54) is 0 Å². The number of aromatic nitrogens is 2. The maximum Gasteiger partial charge on any atom is 0.423 e. The molecule has 1 aromatic carbocycles. The number of anilines is 2. The second kappa shape index (κ2) is 7.85. The van der Waals surface area contributed by atoms with E-state index in [9.17, 15) is 13.2 Å². The highest BCUT2D eigenvalue weighted by Crippen LogP contribution is 2.37. The molecule has 3 rings (SSSR count). The molecule has 1 aromatic heterocycles. The van der Waals surface area contributed by atoms with Crippen molar-refractivity contribution in [3.63, 3.8) is 0 Å². The fraction of sp³-hybridized carbons (Fsp3) is 0.500. The number of nitrogens with zero attached hydrogens (tertiary/aromatic N) is 2. The Hall–Kier alpha value is -2.51. The zero-order valence-corrected chi connectivity index (χ0v) is 16.1. The lowest BCUT2D eigenvalue weighted by molar-refractivity contribution is -0.139. The van der Waals surface area contributed by atoms with Gasteiger partial charge in [0.25, 0.3) is 0 Å². The first kappa shape index (κ1) is 20.2. The zero-order chi connectivity index (χ0) is 20.4. The van der Waals surface area contributed by atoms with Crippen molar-refractivity contribution in [3.05, 3.63) is 36.0 Å². The fourth-order valence-electron chi connectivity index (χ4n) is 2.96. The lowest BCUT2D eigenvalue weighted by Gasteiger charge is -2.21. The summed E-state index contributed by atoms with van der Waals surface area (Å²) in [5.74, 6) is 0.312. The van der Waals surface area contributed by atoms with E-state index in [0.717, 1.165) is 31.9 Å². The Morgan fingerprint density at radius 2 is 1.68 bits per heavy atom. The number of alkyl halides is 3. The van der Waals surface area contributed by atoms with E-state index in [2.05, 4.69) is 15.3 Å². The maximum atomic E-state index is 13.3. The van der Waals surface area contributed by atoms with Crippen LogP contribution >= 0.6 is 0 Å². The molecular weight excluding hydrogens is 371 g/mol. The van der Waals surface area contributed by atoms with Crippen molar-refractivity contribution in [2.24, 2.45) is 0 Å². The Kier molecular flexibility index (Phi) is 5.67. The van der Waals surface area contributed by atoms with Gasteiger partial charge in [-0.3, -0.25) is 0 Å². The quantitative estimate of drug-likeness (QED) is 0.700. The summed E-state index contributed by atoms with van der Waals surface area (Å²) in [5, 5.41) is 2.91. The van der Waals surface area contributed by atoms with E-state index < -0.39 is 17.6 Å². The van der Waals surface area contributed by atoms with Crippen molar-refractivity contribution in [1.29, 1.82) is 0 Å². The third kappa shape index (κ3) is 5.50. The van der Waals surface area contributed by atoms with E-state index in [0.29, 0.717) is 11.4 Å². The molecule has 28 heavy (non-hydrogen) atoms. The van der Waals surface area contributed by atoms with Gasteiger partial charge in [0.2, 0.25) is 11.8 Å². The zero-order valence-electron chi connectivity index (χ0n) is 16.1. The molecule has 0 spiro atoms. The molecule has 0 atom stereocenters. The average Bonchev–Trinajstić information content (AvgIpc) is 3.07. The molecule has 0 radical (unpaired) electrons. The Bertz CT molecular complexity index is 796. The van der Waals surface area contributed by atoms with Gasteiger partial charge in [0.15, 0.2) is 0 Å². The Labute approximate surface area is 162 Å². The number of halogens is 3. The number of rotatable bonds is 5. The molecule has 1 aliphatic carbocycles. The molecule has 5 nitrogen and oxygen atoms in total. The summed E-state index contributed by atoms with van der Waals surface area (Å²) in [6.45, 7) is 5.84. The molecule has 0 unspecified atom stereocenters. The highest BCUT2D eigenvalue weighted by Gasteiger charge is 2.37. The van der Waals surface area contributed by atoms with E-state index >= 15 is 0 Å². The molecule has 1 fully saturated rings. The summed E-state index contributed by atoms with van der Waals surface area (Å²) in [5.41, 5.74) is -0.649. The van der Waals surface area contributed by atoms with Gasteiger partial charge in [-0.15, -0.1) is 0 Å². The van der Waals surface area contributed by atoms with Crippen LogP contribution in [0.1, 0.15) is 52.0 Å². The third-order valence-corrected chi connectivity index (χ3v) is 4.17. The molecular formula is C20H24F3N3O2. The first-order chi connectivity index (χ1) is 13.1. The summed E-state index contributed by atoms with van der Waals surface area (Å²) in [7, 11) is 0. The Morgan fingerprint density at radius 3 is 2.25 bits per heavy atom. The molecule has 0 saturated heterocycles. The molecule has 1 saturated carbocycles. The molecule has 1 heterocycles. The number of hydrogen-bond acceptors (Lipinski definition) is 5. The monoisotopic (exact) mass is 395 g/mol. The van der Waals surface area contributed by atoms with Gasteiger partial charge in [-0.25, -0.2) is 4.98 Å². The van der Waals surface area contributed by atoms with Gasteiger partial charge in [-0.2, -0.15) is 18.2 Å². The third-order valence-electron chi connectivity index (χ3n) is 4.17. The van der Waals surface area contributed by atoms with Gasteiger partial charge in [-0.1, -0.05) is 0 Å². The number of benzene rings is 1. The highest BCUT2D eigenvalue weighted by atomic mass is 19.4. The summed E-state index contributed by atoms with van der Waals surface area (Å²) in [6.07, 6.45) is -0.679. The van der Waals surface area contributed by atoms with Crippen molar-refractivity contribution in [3.8, 4) is 11.6 Å². The molecule has 1 N–H and O–H groups in total. The summed E-state index contributed by atoms with van der Waals surface area (Å²) in [4.78, 5) is 7.79. The standard InChI is InChI=1S/C20H24F3N3O2/c1-19(2,3)28-15-10-8-13(9-11-15)25-18-24-12-16(20(21,22)23)17(26-18)27-14-6-4-5-7-14/h8-12,14H,4-7H2,1-3H3,(H,24,25,26). The lowest BCUT2D eigenvalue weighted by Crippen LogP contribution is -2.22. The van der Waals surface area contributed by atoms with Crippen LogP contribution in [0.4, 0.5) is 24.8 Å². The van der Waals surface area contributed by atoms with Crippen LogP contribution in [0.2, 0.25) is 0 Å². The average molecular weight is 395 g/mol. The van der Waals surface area contributed by atoms with Gasteiger partial charge in [-0.05, 0) is 70.7 Å². The van der Waals surface area contributed by atoms with Crippen LogP contribution in [-0.2, 0) is 6.18 Å². The van der Waals surface area contributed by atoms with Gasteiger partial charge < -0.3 is 14.8 Å². The van der Waals surface area contributed by atoms with Gasteiger partial charge in [0.05, 0.1) is 0 Å². The normalized spacial score (nSPS) is 15.5. The van der Waals surface area contributed by atoms with Crippen LogP contribution in [0.15, 0.2) is 30.5 Å². The topological polar surface area (TPSA) is 56.3 Å². The van der Waals surface area contributed by atoms with Crippen molar-refractivity contribution in [1.82, 2.24) is 9.97 Å². The molecule has 0 amide bonds. The van der Waals surface area contributed by atoms with E-state index in [1.807, 2.05) is 20.8 Å². The van der Waals surface area contributed by atoms with Crippen molar-refractivity contribution >= 4 is 11.6 Å². The van der Waals surface area contributed by atoms with Gasteiger partial charge >= 0.3 is 6.18 Å². The molecule has 1 aliphatic rings. The molecule has 152 valence electrons. The van der Waals surface area contributed by atoms with Crippen LogP contribution in [0.3, 0.4) is 0 Å². The molecule has 0 bridgehead atoms. The molecule has 8 heteroatoms. The SMILES string of the molecule is CC(C)(C)Oc1ccc(Nc2ncc(C(F)(F)F)c(OC3CCCC3)n2)cc1. The highest BCUT2D eigenvalue weighted by molar-refractivity contribution is 5.55. The first-order valence-corrected chi connectivity index (χ1v) is 9.27. The first-order valence-electron chi connectivity index (χ1n) is 9.27. The van der Waals surface area contributed by atoms with Gasteiger partial charge in [0.1, 0.15) is 23.0 Å². The maximum absolute atomic E-state index is 13.3. The predicted octanol–water partition coefficient (Wildman–Crippen LogP) is 5.74. The van der Waals surface area contributed by atoms with Crippen molar-refractivity contribution < 1.29 is 22.6 Å². The van der Waals surface area contributed by atoms with E-state index in [-0.39, 0.29) is 17.7 Å². The smallest absolute Gasteiger partial charge is 0.423 e. The van der Waals surface area contributed by atoms with E-state index in [1.54, 1.807) is 24.3 Å². The van der Waals surface area contributed by atoms with Crippen LogP contribution < -0.4 is 14.8 Å². The minimum Gasteiger partial charge on any atom is -0.488 e. The lowest BCUT2D eigenvalue weighted by atomic mass is 10.2. The van der Waals surface area contributed by atoms with Crippen LogP contribution in [0.5, 0.6) is 11.6 Å². The van der Waals surface area contributed by atoms with Crippen molar-refractivity contribution in [2.45, 2.75) is 64.3 Å². The number of ether oxygens (including phenoxy) is 2. The summed E-state index contributed by atoms with van der Waals surface area (Å²) in [6, 6.07) is 7.04. The molecule has 0 aliphatic heterocycles. The van der Waals surface area contributed by atoms with E-state index in [4.69, 9.17) is 9.47 Å². The number of nitrogens with one attached hydrogen (secondary N) is 1. The minimum atomic E-state index is -4.57. The van der Waals surface area contributed by atoms with Crippen molar-refractivity contribution in [2.75, 3.05) is 5.32 Å². The van der Waals surface area contributed by atoms with Crippen LogP contribution in [-0.4, -0.2) is 21.7 Å². The van der Waals surface area contributed by atoms with Gasteiger partial charge in [0, 0.05) is 11.9 Å². The summed E-state index contributed by atoms with van der Waals surface area (Å²) < 4.78 is 51.1. The largest absolute Gasteiger partial charge is 0.488 e. The van der Waals surface area contributed by atoms with Crippen LogP contribution in [0.25, 0.3) is 0 Å². The number of hydrogen-bond donors (Lipinski definition) is 1. The predicted molar refractivity (Wildman–Crippen MR) is 100 cm³/mol. The van der Waals surface area contributed by atoms with Crippen LogP contribution in [0, 0.1) is 0 Å². The second-order valence-electron chi connectivity index (χ2n) is 7.80. The Morgan fingerprint density at radius 1 is 1.04 bits per heavy atom. The second-order valence-corrected chi connectivity index (χ2v) is 7.80. The fourth-order valence-corrected chi connectivity index (χ4v) is 2.96. The minimum absolute atomic E-state index is 0.0467. The Balaban J connectivity index is 1.78.